The number of imidazole rings is 1. The topological polar surface area (TPSA) is 216 Å². The molecule has 6 N–H and O–H groups in total. The number of ether oxygens (including phenoxy) is 2. The Bertz CT molecular complexity index is 1410. The summed E-state index contributed by atoms with van der Waals surface area (Å²) in [5.41, 5.74) is 1.55. The number of terminal acetylenes is 1. The molecule has 37 heavy (non-hydrogen) atoms. The van der Waals surface area contributed by atoms with Gasteiger partial charge in [0.05, 0.1) is 18.6 Å². The largest absolute Gasteiger partial charge is 0.479 e. The van der Waals surface area contributed by atoms with Crippen molar-refractivity contribution in [3.8, 4) is 12.3 Å². The minimum Gasteiger partial charge on any atom is -0.479 e. The molecule has 4 rings (SSSR count). The molecule has 0 saturated carbocycles. The van der Waals surface area contributed by atoms with Crippen LogP contribution in [0, 0.1) is 12.3 Å². The van der Waals surface area contributed by atoms with Gasteiger partial charge in [-0.15, -0.1) is 17.8 Å². The summed E-state index contributed by atoms with van der Waals surface area (Å²) < 4.78 is 12.9. The molecule has 16 heteroatoms. The number of aliphatic carboxylic acids is 1. The summed E-state index contributed by atoms with van der Waals surface area (Å²) in [6.45, 7) is 1.10. The number of halogens is 1. The van der Waals surface area contributed by atoms with E-state index in [1.807, 2.05) is 0 Å². The zero-order valence-corrected chi connectivity index (χ0v) is 20.7. The summed E-state index contributed by atoms with van der Waals surface area (Å²) in [5, 5.41) is 42.2. The minimum atomic E-state index is -2.33. The van der Waals surface area contributed by atoms with Crippen LogP contribution in [0.4, 0.5) is 5.82 Å². The normalized spacial score (nSPS) is 25.1. The van der Waals surface area contributed by atoms with Gasteiger partial charge in [0.2, 0.25) is 15.9 Å². The number of anilines is 1. The van der Waals surface area contributed by atoms with Crippen molar-refractivity contribution in [1.29, 1.82) is 0 Å². The highest BCUT2D eigenvalue weighted by molar-refractivity contribution is 7.11. The summed E-state index contributed by atoms with van der Waals surface area (Å²) in [6.07, 6.45) is 2.52. The van der Waals surface area contributed by atoms with Crippen LogP contribution in [0.25, 0.3) is 11.2 Å². The summed E-state index contributed by atoms with van der Waals surface area (Å²) >= 11 is 6.64. The van der Waals surface area contributed by atoms with Crippen LogP contribution in [0.3, 0.4) is 0 Å². The monoisotopic (exact) mass is 552 g/mol. The maximum Gasteiger partial charge on any atom is 0.365 e. The molecule has 1 aliphatic heterocycles. The van der Waals surface area contributed by atoms with E-state index >= 15 is 0 Å². The van der Waals surface area contributed by atoms with Gasteiger partial charge in [-0.25, -0.2) is 19.6 Å². The fourth-order valence-electron chi connectivity index (χ4n) is 4.09. The van der Waals surface area contributed by atoms with E-state index < -0.39 is 48.2 Å². The maximum absolute atomic E-state index is 12.4. The van der Waals surface area contributed by atoms with Crippen molar-refractivity contribution in [2.45, 2.75) is 49.4 Å². The molecule has 4 heterocycles. The van der Waals surface area contributed by atoms with Crippen LogP contribution in [0.1, 0.15) is 41.5 Å². The molecule has 0 amide bonds. The standard InChI is InChI=1S/C21H21ClN6O8S/c1-3-5-21(18(32)33,9-7-37-15(25-9)17(30)31)35-6-10-20(34,4-2)12(29)16(36-10)28-8-24-11-13(23)26-19(22)27-14(11)28/h2,7-8,10,12,16,29,34H,3,5-6H2,1H3,(H,30,31)(H,32,33)(H2,23,26,27)/t10-,12+,16-,20-,21-/m1/s1. The van der Waals surface area contributed by atoms with Crippen LogP contribution >= 0.6 is 22.9 Å². The highest BCUT2D eigenvalue weighted by Crippen LogP contribution is 2.41. The third-order valence-electron chi connectivity index (χ3n) is 5.97. The summed E-state index contributed by atoms with van der Waals surface area (Å²) in [5.74, 6) is -0.676. The van der Waals surface area contributed by atoms with E-state index in [0.29, 0.717) is 6.42 Å². The minimum absolute atomic E-state index is 0.0249. The van der Waals surface area contributed by atoms with Gasteiger partial charge in [-0.3, -0.25) is 4.57 Å². The molecule has 1 saturated heterocycles. The third-order valence-corrected chi connectivity index (χ3v) is 6.97. The predicted molar refractivity (Wildman–Crippen MR) is 128 cm³/mol. The van der Waals surface area contributed by atoms with Crippen molar-refractivity contribution in [2.24, 2.45) is 0 Å². The van der Waals surface area contributed by atoms with Gasteiger partial charge in [-0.1, -0.05) is 19.3 Å². The number of nitrogen functional groups attached to an aromatic ring is 1. The van der Waals surface area contributed by atoms with Crippen molar-refractivity contribution in [3.05, 3.63) is 27.7 Å². The zero-order chi connectivity index (χ0) is 27.1. The lowest BCUT2D eigenvalue weighted by Gasteiger charge is -2.31. The van der Waals surface area contributed by atoms with E-state index in [9.17, 15) is 30.0 Å². The quantitative estimate of drug-likeness (QED) is 0.182. The summed E-state index contributed by atoms with van der Waals surface area (Å²) in [4.78, 5) is 39.6. The van der Waals surface area contributed by atoms with E-state index in [1.54, 1.807) is 6.92 Å². The van der Waals surface area contributed by atoms with Crippen LogP contribution in [0.15, 0.2) is 11.7 Å². The molecule has 0 aliphatic carbocycles. The van der Waals surface area contributed by atoms with Gasteiger partial charge < -0.3 is 35.6 Å². The number of aromatic carboxylic acids is 1. The number of carboxylic acids is 2. The maximum atomic E-state index is 12.4. The molecule has 3 aromatic rings. The Labute approximate surface area is 217 Å². The number of hydrogen-bond donors (Lipinski definition) is 5. The number of aromatic nitrogens is 5. The number of aliphatic hydroxyl groups excluding tert-OH is 1. The molecule has 3 aromatic heterocycles. The Kier molecular flexibility index (Phi) is 7.08. The lowest BCUT2D eigenvalue weighted by Crippen LogP contribution is -2.50. The van der Waals surface area contributed by atoms with Gasteiger partial charge >= 0.3 is 11.9 Å². The highest BCUT2D eigenvalue weighted by atomic mass is 35.5. The Hall–Kier alpha value is -3.39. The van der Waals surface area contributed by atoms with Crippen LogP contribution in [0.2, 0.25) is 5.28 Å². The average Bonchev–Trinajstić information content (AvgIpc) is 3.55. The van der Waals surface area contributed by atoms with Crippen LogP contribution in [-0.4, -0.2) is 81.3 Å². The van der Waals surface area contributed by atoms with E-state index in [1.165, 1.54) is 16.3 Å². The second-order valence-corrected chi connectivity index (χ2v) is 9.36. The van der Waals surface area contributed by atoms with Crippen molar-refractivity contribution in [3.63, 3.8) is 0 Å². The van der Waals surface area contributed by atoms with Crippen LogP contribution in [-0.2, 0) is 19.9 Å². The summed E-state index contributed by atoms with van der Waals surface area (Å²) in [7, 11) is 0. The fraction of sp³-hybridized carbons (Fsp3) is 0.429. The molecule has 1 aliphatic rings. The van der Waals surface area contributed by atoms with Gasteiger partial charge in [0.25, 0.3) is 0 Å². The first-order valence-corrected chi connectivity index (χ1v) is 12.0. The first kappa shape index (κ1) is 26.7. The Morgan fingerprint density at radius 1 is 1.41 bits per heavy atom. The lowest BCUT2D eigenvalue weighted by molar-refractivity contribution is -0.180. The molecular formula is C21H21ClN6O8S. The van der Waals surface area contributed by atoms with Gasteiger partial charge in [-0.05, 0) is 18.0 Å². The Morgan fingerprint density at radius 3 is 2.73 bits per heavy atom. The van der Waals surface area contributed by atoms with E-state index in [-0.39, 0.29) is 39.4 Å². The van der Waals surface area contributed by atoms with Crippen LogP contribution < -0.4 is 5.73 Å². The zero-order valence-electron chi connectivity index (χ0n) is 19.1. The van der Waals surface area contributed by atoms with Crippen molar-refractivity contribution >= 4 is 51.9 Å². The average molecular weight is 553 g/mol. The Balaban J connectivity index is 1.68. The van der Waals surface area contributed by atoms with Gasteiger partial charge in [-0.2, -0.15) is 9.97 Å². The molecular weight excluding hydrogens is 532 g/mol. The number of hydrogen-bond acceptors (Lipinski definition) is 12. The molecule has 0 radical (unpaired) electrons. The Morgan fingerprint density at radius 2 is 2.14 bits per heavy atom. The SMILES string of the molecule is C#C[C@@]1(O)[C@@H](CO[C@@](CCC)(C(=O)O)c2csc(C(=O)O)n2)O[C@@H](n2cnc3c(N)nc(Cl)nc32)[C@@H]1O. The molecule has 5 atom stereocenters. The van der Waals surface area contributed by atoms with Gasteiger partial charge in [0.15, 0.2) is 23.3 Å². The van der Waals surface area contributed by atoms with Gasteiger partial charge in [0, 0.05) is 5.38 Å². The van der Waals surface area contributed by atoms with Gasteiger partial charge in [0.1, 0.15) is 17.7 Å². The number of thiazole rings is 1. The van der Waals surface area contributed by atoms with Crippen molar-refractivity contribution < 1.29 is 39.5 Å². The molecule has 0 unspecified atom stereocenters. The van der Waals surface area contributed by atoms with E-state index in [2.05, 4.69) is 25.9 Å². The number of nitrogens with two attached hydrogens (primary N) is 1. The fourth-order valence-corrected chi connectivity index (χ4v) is 4.98. The number of carboxylic acid groups (broad SMARTS) is 2. The predicted octanol–water partition coefficient (Wildman–Crippen LogP) is 0.636. The van der Waals surface area contributed by atoms with E-state index in [0.717, 1.165) is 11.3 Å². The molecule has 14 nitrogen and oxygen atoms in total. The summed E-state index contributed by atoms with van der Waals surface area (Å²) in [6, 6.07) is 0. The second-order valence-electron chi connectivity index (χ2n) is 8.17. The second kappa shape index (κ2) is 9.82. The number of fused-ring (bicyclic) bond motifs is 1. The molecule has 0 aromatic carbocycles. The smallest absolute Gasteiger partial charge is 0.365 e. The number of aliphatic hydroxyl groups is 2. The van der Waals surface area contributed by atoms with Crippen LogP contribution in [0.5, 0.6) is 0 Å². The number of nitrogens with zero attached hydrogens (tertiary/aromatic N) is 5. The number of carbonyl (C=O) groups is 2. The van der Waals surface area contributed by atoms with Crippen molar-refractivity contribution in [2.75, 3.05) is 12.3 Å². The molecule has 196 valence electrons. The van der Waals surface area contributed by atoms with Crippen molar-refractivity contribution in [1.82, 2.24) is 24.5 Å². The van der Waals surface area contributed by atoms with E-state index in [4.69, 9.17) is 33.2 Å². The lowest BCUT2D eigenvalue weighted by atomic mass is 9.92. The highest BCUT2D eigenvalue weighted by Gasteiger charge is 2.57. The first-order valence-electron chi connectivity index (χ1n) is 10.7. The molecule has 0 bridgehead atoms. The third kappa shape index (κ3) is 4.37. The first-order chi connectivity index (χ1) is 17.5. The molecule has 1 fully saturated rings. The molecule has 0 spiro atoms. The number of rotatable bonds is 9.